The van der Waals surface area contributed by atoms with E-state index in [4.69, 9.17) is 9.47 Å². The zero-order valence-electron chi connectivity index (χ0n) is 9.42. The van der Waals surface area contributed by atoms with Crippen LogP contribution in [0.15, 0.2) is 18.2 Å². The van der Waals surface area contributed by atoms with Gasteiger partial charge in [-0.05, 0) is 18.6 Å². The summed E-state index contributed by atoms with van der Waals surface area (Å²) in [6.07, 6.45) is 0.733. The predicted octanol–water partition coefficient (Wildman–Crippen LogP) is 1.72. The van der Waals surface area contributed by atoms with Crippen LogP contribution in [0, 0.1) is 11.6 Å². The Bertz CT molecular complexity index is 368. The molecule has 1 aliphatic rings. The van der Waals surface area contributed by atoms with Gasteiger partial charge in [-0.1, -0.05) is 0 Å². The van der Waals surface area contributed by atoms with Crippen LogP contribution < -0.4 is 10.1 Å². The molecule has 0 radical (unpaired) electrons. The fraction of sp³-hybridized carbons (Fsp3) is 0.500. The maximum absolute atomic E-state index is 13.2. The first kappa shape index (κ1) is 12.3. The first-order chi connectivity index (χ1) is 8.25. The quantitative estimate of drug-likeness (QED) is 0.873. The number of ether oxygens (including phenoxy) is 2. The van der Waals surface area contributed by atoms with Gasteiger partial charge in [0.1, 0.15) is 5.82 Å². The van der Waals surface area contributed by atoms with Crippen LogP contribution in [0.2, 0.25) is 0 Å². The molecule has 1 aromatic rings. The minimum Gasteiger partial charge on any atom is -0.490 e. The van der Waals surface area contributed by atoms with E-state index in [1.165, 1.54) is 12.1 Å². The molecule has 94 valence electrons. The second-order valence-corrected chi connectivity index (χ2v) is 3.94. The van der Waals surface area contributed by atoms with Crippen LogP contribution in [0.3, 0.4) is 0 Å². The van der Waals surface area contributed by atoms with Crippen molar-refractivity contribution in [3.05, 3.63) is 29.8 Å². The van der Waals surface area contributed by atoms with Crippen molar-refractivity contribution in [2.45, 2.75) is 12.5 Å². The first-order valence-corrected chi connectivity index (χ1v) is 5.64. The highest BCUT2D eigenvalue weighted by atomic mass is 19.1. The molecular formula is C12H15F2NO2. The fourth-order valence-electron chi connectivity index (χ4n) is 1.71. The molecular weight excluding hydrogens is 228 g/mol. The third-order valence-corrected chi connectivity index (χ3v) is 2.62. The van der Waals surface area contributed by atoms with E-state index in [0.717, 1.165) is 25.6 Å². The van der Waals surface area contributed by atoms with Crippen LogP contribution in [0.4, 0.5) is 8.78 Å². The Hall–Kier alpha value is -1.20. The summed E-state index contributed by atoms with van der Waals surface area (Å²) in [7, 11) is 0. The van der Waals surface area contributed by atoms with Gasteiger partial charge >= 0.3 is 0 Å². The third kappa shape index (κ3) is 3.64. The second-order valence-electron chi connectivity index (χ2n) is 3.94. The average molecular weight is 243 g/mol. The molecule has 1 atom stereocenters. The summed E-state index contributed by atoms with van der Waals surface area (Å²) in [6.45, 7) is 2.58. The van der Waals surface area contributed by atoms with Crippen molar-refractivity contribution < 1.29 is 18.3 Å². The number of benzene rings is 1. The molecule has 17 heavy (non-hydrogen) atoms. The van der Waals surface area contributed by atoms with Crippen molar-refractivity contribution in [2.24, 2.45) is 0 Å². The van der Waals surface area contributed by atoms with Gasteiger partial charge < -0.3 is 14.8 Å². The molecule has 2 rings (SSSR count). The van der Waals surface area contributed by atoms with Crippen LogP contribution in [-0.4, -0.2) is 32.4 Å². The van der Waals surface area contributed by atoms with E-state index in [0.29, 0.717) is 13.2 Å². The van der Waals surface area contributed by atoms with E-state index in [2.05, 4.69) is 5.32 Å². The fourth-order valence-corrected chi connectivity index (χ4v) is 1.71. The molecule has 0 amide bonds. The summed E-state index contributed by atoms with van der Waals surface area (Å²) < 4.78 is 36.4. The Kier molecular flexibility index (Phi) is 4.28. The van der Waals surface area contributed by atoms with E-state index in [1.54, 1.807) is 0 Å². The van der Waals surface area contributed by atoms with E-state index >= 15 is 0 Å². The molecule has 0 spiro atoms. The molecule has 0 bridgehead atoms. The Labute approximate surface area is 98.7 Å². The molecule has 0 aliphatic carbocycles. The molecule has 1 aliphatic heterocycles. The van der Waals surface area contributed by atoms with Gasteiger partial charge in [-0.3, -0.25) is 0 Å². The highest BCUT2D eigenvalue weighted by Gasteiger charge is 2.13. The van der Waals surface area contributed by atoms with Gasteiger partial charge in [0, 0.05) is 18.7 Å². The number of halogens is 2. The zero-order valence-corrected chi connectivity index (χ0v) is 9.42. The summed E-state index contributed by atoms with van der Waals surface area (Å²) in [5, 5.41) is 3.27. The number of rotatable bonds is 4. The van der Waals surface area contributed by atoms with Gasteiger partial charge in [-0.15, -0.1) is 0 Å². The van der Waals surface area contributed by atoms with Crippen molar-refractivity contribution in [2.75, 3.05) is 26.4 Å². The summed E-state index contributed by atoms with van der Waals surface area (Å²) in [6, 6.07) is 3.54. The standard InChI is InChI=1S/C12H15F2NO2/c13-9-1-2-12(11(14)7-9)17-5-3-10-8-16-6-4-15-10/h1-2,7,10,15H,3-6,8H2. The van der Waals surface area contributed by atoms with Crippen molar-refractivity contribution >= 4 is 0 Å². The van der Waals surface area contributed by atoms with Gasteiger partial charge in [0.05, 0.1) is 19.8 Å². The average Bonchev–Trinajstić information content (AvgIpc) is 2.33. The molecule has 1 unspecified atom stereocenters. The molecule has 1 N–H and O–H groups in total. The Morgan fingerprint density at radius 3 is 3.00 bits per heavy atom. The minimum absolute atomic E-state index is 0.0862. The zero-order chi connectivity index (χ0) is 12.1. The van der Waals surface area contributed by atoms with Crippen LogP contribution in [0.25, 0.3) is 0 Å². The third-order valence-electron chi connectivity index (χ3n) is 2.62. The monoisotopic (exact) mass is 243 g/mol. The Morgan fingerprint density at radius 1 is 1.41 bits per heavy atom. The van der Waals surface area contributed by atoms with Crippen LogP contribution in [-0.2, 0) is 4.74 Å². The van der Waals surface area contributed by atoms with Gasteiger partial charge in [-0.25, -0.2) is 8.78 Å². The number of hydrogen-bond donors (Lipinski definition) is 1. The van der Waals surface area contributed by atoms with Gasteiger partial charge in [0.15, 0.2) is 11.6 Å². The highest BCUT2D eigenvalue weighted by molar-refractivity contribution is 5.24. The molecule has 1 aromatic carbocycles. The summed E-state index contributed by atoms with van der Waals surface area (Å²) >= 11 is 0. The molecule has 1 saturated heterocycles. The van der Waals surface area contributed by atoms with Crippen molar-refractivity contribution in [3.8, 4) is 5.75 Å². The largest absolute Gasteiger partial charge is 0.490 e. The summed E-state index contributed by atoms with van der Waals surface area (Å²) in [5.74, 6) is -1.18. The number of nitrogens with one attached hydrogen (secondary N) is 1. The maximum atomic E-state index is 13.2. The lowest BCUT2D eigenvalue weighted by Crippen LogP contribution is -2.42. The van der Waals surface area contributed by atoms with Crippen molar-refractivity contribution in [3.63, 3.8) is 0 Å². The molecule has 1 heterocycles. The molecule has 0 saturated carbocycles. The highest BCUT2D eigenvalue weighted by Crippen LogP contribution is 2.17. The minimum atomic E-state index is -0.669. The Morgan fingerprint density at radius 2 is 2.29 bits per heavy atom. The summed E-state index contributed by atoms with van der Waals surface area (Å²) in [4.78, 5) is 0. The van der Waals surface area contributed by atoms with E-state index in [9.17, 15) is 8.78 Å². The summed E-state index contributed by atoms with van der Waals surface area (Å²) in [5.41, 5.74) is 0. The van der Waals surface area contributed by atoms with Crippen LogP contribution >= 0.6 is 0 Å². The molecule has 1 fully saturated rings. The van der Waals surface area contributed by atoms with E-state index < -0.39 is 11.6 Å². The first-order valence-electron chi connectivity index (χ1n) is 5.64. The van der Waals surface area contributed by atoms with Gasteiger partial charge in [0.25, 0.3) is 0 Å². The lowest BCUT2D eigenvalue weighted by molar-refractivity contribution is 0.0689. The molecule has 3 nitrogen and oxygen atoms in total. The van der Waals surface area contributed by atoms with E-state index in [-0.39, 0.29) is 11.8 Å². The van der Waals surface area contributed by atoms with Crippen LogP contribution in [0.1, 0.15) is 6.42 Å². The lowest BCUT2D eigenvalue weighted by atomic mass is 10.2. The molecule has 0 aromatic heterocycles. The number of morpholine rings is 1. The van der Waals surface area contributed by atoms with Gasteiger partial charge in [0.2, 0.25) is 0 Å². The second kappa shape index (κ2) is 5.93. The maximum Gasteiger partial charge on any atom is 0.167 e. The molecule has 5 heteroatoms. The smallest absolute Gasteiger partial charge is 0.167 e. The van der Waals surface area contributed by atoms with Crippen molar-refractivity contribution in [1.29, 1.82) is 0 Å². The Balaban J connectivity index is 1.77. The lowest BCUT2D eigenvalue weighted by Gasteiger charge is -2.23. The normalized spacial score (nSPS) is 20.2. The van der Waals surface area contributed by atoms with E-state index in [1.807, 2.05) is 0 Å². The van der Waals surface area contributed by atoms with Gasteiger partial charge in [-0.2, -0.15) is 0 Å². The predicted molar refractivity (Wildman–Crippen MR) is 59.1 cm³/mol. The topological polar surface area (TPSA) is 30.5 Å². The van der Waals surface area contributed by atoms with Crippen molar-refractivity contribution in [1.82, 2.24) is 5.32 Å². The van der Waals surface area contributed by atoms with Crippen LogP contribution in [0.5, 0.6) is 5.75 Å². The SMILES string of the molecule is Fc1ccc(OCCC2COCCN2)c(F)c1. The number of hydrogen-bond acceptors (Lipinski definition) is 3.